The first kappa shape index (κ1) is 19.7. The predicted molar refractivity (Wildman–Crippen MR) is 116 cm³/mol. The van der Waals surface area contributed by atoms with Gasteiger partial charge in [-0.1, -0.05) is 24.3 Å². The van der Waals surface area contributed by atoms with Gasteiger partial charge in [-0.2, -0.15) is 0 Å². The molecule has 0 aliphatic carbocycles. The maximum absolute atomic E-state index is 12.2. The number of aryl methyl sites for hydroxylation is 1. The van der Waals surface area contributed by atoms with Crippen molar-refractivity contribution in [1.29, 1.82) is 0 Å². The molecule has 2 heterocycles. The second-order valence-corrected chi connectivity index (χ2v) is 6.57. The molecular formula is C21H17N7O3. The lowest BCUT2D eigenvalue weighted by Crippen LogP contribution is -2.30. The summed E-state index contributed by atoms with van der Waals surface area (Å²) in [6, 6.07) is 17.6. The summed E-state index contributed by atoms with van der Waals surface area (Å²) in [7, 11) is 0. The van der Waals surface area contributed by atoms with Crippen molar-refractivity contribution in [3.8, 4) is 0 Å². The Bertz CT molecular complexity index is 1280. The van der Waals surface area contributed by atoms with E-state index in [9.17, 15) is 14.9 Å². The zero-order valence-corrected chi connectivity index (χ0v) is 16.4. The number of hydrogen-bond acceptors (Lipinski definition) is 8. The molecule has 10 heteroatoms. The lowest BCUT2D eigenvalue weighted by atomic mass is 10.1. The summed E-state index contributed by atoms with van der Waals surface area (Å²) in [5, 5.41) is 15.6. The van der Waals surface area contributed by atoms with Crippen molar-refractivity contribution in [2.24, 2.45) is 0 Å². The number of benzene rings is 2. The molecular weight excluding hydrogens is 398 g/mol. The number of nitrogens with one attached hydrogen (secondary N) is 3. The first-order valence-corrected chi connectivity index (χ1v) is 9.27. The van der Waals surface area contributed by atoms with Crippen LogP contribution in [0.4, 0.5) is 23.0 Å². The van der Waals surface area contributed by atoms with Crippen molar-refractivity contribution in [3.63, 3.8) is 0 Å². The molecule has 0 unspecified atom stereocenters. The van der Waals surface area contributed by atoms with E-state index in [2.05, 4.69) is 31.1 Å². The van der Waals surface area contributed by atoms with Gasteiger partial charge in [0.05, 0.1) is 10.4 Å². The van der Waals surface area contributed by atoms with Crippen molar-refractivity contribution in [2.45, 2.75) is 6.92 Å². The Labute approximate surface area is 176 Å². The Hall–Kier alpha value is -4.60. The highest BCUT2D eigenvalue weighted by Gasteiger charge is 2.24. The largest absolute Gasteiger partial charge is 0.355 e. The number of hydrazine groups is 1. The van der Waals surface area contributed by atoms with Gasteiger partial charge in [-0.3, -0.25) is 30.7 Å². The van der Waals surface area contributed by atoms with E-state index in [0.717, 1.165) is 16.6 Å². The molecule has 0 bridgehead atoms. The minimum absolute atomic E-state index is 0.0236. The lowest BCUT2D eigenvalue weighted by Gasteiger charge is -2.12. The van der Waals surface area contributed by atoms with Crippen LogP contribution < -0.4 is 16.2 Å². The first-order valence-electron chi connectivity index (χ1n) is 9.27. The van der Waals surface area contributed by atoms with Gasteiger partial charge in [0.15, 0.2) is 0 Å². The molecule has 0 fully saturated rings. The van der Waals surface area contributed by atoms with E-state index in [-0.39, 0.29) is 11.6 Å². The molecule has 0 spiro atoms. The molecule has 0 saturated carbocycles. The van der Waals surface area contributed by atoms with Crippen LogP contribution in [0.1, 0.15) is 16.1 Å². The van der Waals surface area contributed by atoms with Gasteiger partial charge in [-0.05, 0) is 43.3 Å². The van der Waals surface area contributed by atoms with Gasteiger partial charge in [0.1, 0.15) is 6.33 Å². The van der Waals surface area contributed by atoms with Gasteiger partial charge in [-0.25, -0.2) is 9.97 Å². The summed E-state index contributed by atoms with van der Waals surface area (Å²) in [5.74, 6) is -0.635. The molecule has 4 rings (SSSR count). The second-order valence-electron chi connectivity index (χ2n) is 6.57. The third-order valence-corrected chi connectivity index (χ3v) is 4.46. The van der Waals surface area contributed by atoms with Crippen LogP contribution in [-0.4, -0.2) is 25.8 Å². The number of amides is 1. The number of rotatable bonds is 6. The zero-order chi connectivity index (χ0) is 21.8. The molecule has 0 radical (unpaired) electrons. The Morgan fingerprint density at radius 3 is 2.52 bits per heavy atom. The molecule has 3 N–H and O–H groups in total. The number of carbonyl (C=O) groups excluding carboxylic acids is 1. The lowest BCUT2D eigenvalue weighted by molar-refractivity contribution is -0.383. The van der Waals surface area contributed by atoms with Crippen LogP contribution >= 0.6 is 0 Å². The van der Waals surface area contributed by atoms with Crippen molar-refractivity contribution >= 4 is 39.8 Å². The predicted octanol–water partition coefficient (Wildman–Crippen LogP) is 3.74. The Kier molecular flexibility index (Phi) is 5.35. The SMILES string of the molecule is Cc1ccc2c(Nc3ncnc(NNC(=O)c4ccccc4)c3[N+](=O)[O-])cccc2n1. The van der Waals surface area contributed by atoms with Crippen LogP contribution in [-0.2, 0) is 0 Å². The van der Waals surface area contributed by atoms with E-state index in [1.807, 2.05) is 25.1 Å². The average molecular weight is 415 g/mol. The Morgan fingerprint density at radius 1 is 0.968 bits per heavy atom. The molecule has 2 aromatic carbocycles. The topological polar surface area (TPSA) is 135 Å². The summed E-state index contributed by atoms with van der Waals surface area (Å²) in [6.07, 6.45) is 1.17. The highest BCUT2D eigenvalue weighted by Crippen LogP contribution is 2.33. The van der Waals surface area contributed by atoms with E-state index in [1.165, 1.54) is 6.33 Å². The second kappa shape index (κ2) is 8.41. The summed E-state index contributed by atoms with van der Waals surface area (Å²) in [5.41, 5.74) is 7.13. The van der Waals surface area contributed by atoms with Crippen LogP contribution in [0.15, 0.2) is 67.0 Å². The highest BCUT2D eigenvalue weighted by atomic mass is 16.6. The molecule has 0 aliphatic heterocycles. The van der Waals surface area contributed by atoms with Gasteiger partial charge in [0.25, 0.3) is 5.91 Å². The van der Waals surface area contributed by atoms with E-state index in [4.69, 9.17) is 0 Å². The summed E-state index contributed by atoms with van der Waals surface area (Å²) in [6.45, 7) is 1.89. The molecule has 0 atom stereocenters. The van der Waals surface area contributed by atoms with Crippen molar-refractivity contribution < 1.29 is 9.72 Å². The fourth-order valence-corrected chi connectivity index (χ4v) is 3.01. The Morgan fingerprint density at radius 2 is 1.74 bits per heavy atom. The number of pyridine rings is 1. The van der Waals surface area contributed by atoms with Gasteiger partial charge in [0, 0.05) is 22.3 Å². The van der Waals surface area contributed by atoms with Crippen molar-refractivity contribution in [3.05, 3.63) is 88.4 Å². The fourth-order valence-electron chi connectivity index (χ4n) is 3.01. The van der Waals surface area contributed by atoms with Gasteiger partial charge < -0.3 is 5.32 Å². The number of anilines is 3. The van der Waals surface area contributed by atoms with Crippen LogP contribution in [0.3, 0.4) is 0 Å². The molecule has 31 heavy (non-hydrogen) atoms. The van der Waals surface area contributed by atoms with Gasteiger partial charge >= 0.3 is 5.69 Å². The molecule has 2 aromatic heterocycles. The van der Waals surface area contributed by atoms with Crippen LogP contribution in [0.5, 0.6) is 0 Å². The molecule has 0 saturated heterocycles. The van der Waals surface area contributed by atoms with Gasteiger partial charge in [0.2, 0.25) is 11.6 Å². The van der Waals surface area contributed by atoms with Crippen molar-refractivity contribution in [2.75, 3.05) is 10.7 Å². The normalized spacial score (nSPS) is 10.5. The number of fused-ring (bicyclic) bond motifs is 1. The van der Waals surface area contributed by atoms with E-state index < -0.39 is 16.5 Å². The van der Waals surface area contributed by atoms with Crippen molar-refractivity contribution in [1.82, 2.24) is 20.4 Å². The molecule has 10 nitrogen and oxygen atoms in total. The number of nitrogens with zero attached hydrogens (tertiary/aromatic N) is 4. The minimum Gasteiger partial charge on any atom is -0.334 e. The summed E-state index contributed by atoms with van der Waals surface area (Å²) >= 11 is 0. The smallest absolute Gasteiger partial charge is 0.334 e. The molecule has 154 valence electrons. The average Bonchev–Trinajstić information content (AvgIpc) is 2.78. The minimum atomic E-state index is -0.618. The monoisotopic (exact) mass is 415 g/mol. The maximum Gasteiger partial charge on any atom is 0.355 e. The number of carbonyl (C=O) groups is 1. The Balaban J connectivity index is 1.64. The number of hydrogen-bond donors (Lipinski definition) is 3. The summed E-state index contributed by atoms with van der Waals surface area (Å²) in [4.78, 5) is 35.8. The highest BCUT2D eigenvalue weighted by molar-refractivity contribution is 5.96. The first-order chi connectivity index (χ1) is 15.0. The van der Waals surface area contributed by atoms with Gasteiger partial charge in [-0.15, -0.1) is 0 Å². The standard InChI is InChI=1S/C21H17N7O3/c1-13-10-11-15-16(24-13)8-5-9-17(15)25-19-18(28(30)31)20(23-12-22-19)26-27-21(29)14-6-3-2-4-7-14/h2-12H,1H3,(H,27,29)(H2,22,23,25,26). The molecule has 1 amide bonds. The number of aromatic nitrogens is 3. The fraction of sp³-hybridized carbons (Fsp3) is 0.0476. The molecule has 4 aromatic rings. The van der Waals surface area contributed by atoms with E-state index in [0.29, 0.717) is 11.3 Å². The van der Waals surface area contributed by atoms with E-state index >= 15 is 0 Å². The van der Waals surface area contributed by atoms with Crippen LogP contribution in [0.2, 0.25) is 0 Å². The van der Waals surface area contributed by atoms with Crippen LogP contribution in [0.25, 0.3) is 10.9 Å². The number of nitro groups is 1. The third kappa shape index (κ3) is 4.22. The zero-order valence-electron chi connectivity index (χ0n) is 16.4. The third-order valence-electron chi connectivity index (χ3n) is 4.46. The maximum atomic E-state index is 12.2. The summed E-state index contributed by atoms with van der Waals surface area (Å²) < 4.78 is 0. The van der Waals surface area contributed by atoms with E-state index in [1.54, 1.807) is 42.5 Å². The molecule has 0 aliphatic rings. The van der Waals surface area contributed by atoms with Crippen LogP contribution in [0, 0.1) is 17.0 Å². The quantitative estimate of drug-likeness (QED) is 0.320.